The smallest absolute Gasteiger partial charge is 0.226 e. The second kappa shape index (κ2) is 5.17. The maximum atomic E-state index is 12.5. The third-order valence-corrected chi connectivity index (χ3v) is 4.10. The molecule has 0 bridgehead atoms. The van der Waals surface area contributed by atoms with E-state index in [2.05, 4.69) is 27.7 Å². The lowest BCUT2D eigenvalue weighted by Crippen LogP contribution is -2.42. The standard InChI is InChI=1S/C15H23NO2/c1-5-16(11(4)10(2)3)15(17)13-9-12(13)14-7-6-8-18-14/h6-8,10-13H,5,9H2,1-4H3. The van der Waals surface area contributed by atoms with Crippen molar-refractivity contribution < 1.29 is 9.21 Å². The van der Waals surface area contributed by atoms with Crippen LogP contribution in [0.5, 0.6) is 0 Å². The van der Waals surface area contributed by atoms with Crippen molar-refractivity contribution in [1.82, 2.24) is 4.90 Å². The fourth-order valence-electron chi connectivity index (χ4n) is 2.50. The van der Waals surface area contributed by atoms with Crippen molar-refractivity contribution in [1.29, 1.82) is 0 Å². The summed E-state index contributed by atoms with van der Waals surface area (Å²) in [5, 5.41) is 0. The molecule has 1 heterocycles. The summed E-state index contributed by atoms with van der Waals surface area (Å²) in [7, 11) is 0. The Labute approximate surface area is 109 Å². The largest absolute Gasteiger partial charge is 0.469 e. The first-order chi connectivity index (χ1) is 8.56. The summed E-state index contributed by atoms with van der Waals surface area (Å²) in [6.45, 7) is 9.31. The Morgan fingerprint density at radius 2 is 2.22 bits per heavy atom. The third kappa shape index (κ3) is 2.45. The molecule has 0 saturated heterocycles. The Morgan fingerprint density at radius 1 is 1.50 bits per heavy atom. The molecule has 0 aliphatic heterocycles. The predicted octanol–water partition coefficient (Wildman–Crippen LogP) is 3.28. The van der Waals surface area contributed by atoms with Crippen molar-refractivity contribution in [3.8, 4) is 0 Å². The highest BCUT2D eigenvalue weighted by Crippen LogP contribution is 2.48. The monoisotopic (exact) mass is 249 g/mol. The van der Waals surface area contributed by atoms with E-state index in [9.17, 15) is 4.79 Å². The lowest BCUT2D eigenvalue weighted by atomic mass is 10.0. The van der Waals surface area contributed by atoms with Gasteiger partial charge < -0.3 is 9.32 Å². The number of hydrogen-bond donors (Lipinski definition) is 0. The van der Waals surface area contributed by atoms with E-state index in [1.807, 2.05) is 17.0 Å². The van der Waals surface area contributed by atoms with Gasteiger partial charge in [-0.25, -0.2) is 0 Å². The number of nitrogens with zero attached hydrogens (tertiary/aromatic N) is 1. The Kier molecular flexibility index (Phi) is 3.79. The van der Waals surface area contributed by atoms with Crippen LogP contribution in [0.1, 0.15) is 45.8 Å². The number of amides is 1. The SMILES string of the molecule is CCN(C(=O)C1CC1c1ccco1)C(C)C(C)C. The predicted molar refractivity (Wildman–Crippen MR) is 71.2 cm³/mol. The van der Waals surface area contributed by atoms with E-state index in [1.165, 1.54) is 0 Å². The van der Waals surface area contributed by atoms with Crippen LogP contribution in [-0.2, 0) is 4.79 Å². The van der Waals surface area contributed by atoms with Crippen LogP contribution in [0, 0.1) is 11.8 Å². The van der Waals surface area contributed by atoms with Gasteiger partial charge in [-0.2, -0.15) is 0 Å². The average Bonchev–Trinajstić information content (AvgIpc) is 2.96. The first kappa shape index (κ1) is 13.2. The molecular weight excluding hydrogens is 226 g/mol. The molecule has 0 radical (unpaired) electrons. The van der Waals surface area contributed by atoms with Gasteiger partial charge in [-0.05, 0) is 38.3 Å². The molecule has 1 aliphatic rings. The molecule has 100 valence electrons. The van der Waals surface area contributed by atoms with E-state index in [4.69, 9.17) is 4.42 Å². The lowest BCUT2D eigenvalue weighted by molar-refractivity contribution is -0.135. The molecule has 18 heavy (non-hydrogen) atoms. The van der Waals surface area contributed by atoms with E-state index in [-0.39, 0.29) is 5.92 Å². The van der Waals surface area contributed by atoms with Gasteiger partial charge in [-0.1, -0.05) is 13.8 Å². The molecule has 1 aromatic rings. The minimum atomic E-state index is 0.136. The zero-order chi connectivity index (χ0) is 13.3. The molecule has 3 nitrogen and oxygen atoms in total. The molecule has 0 N–H and O–H groups in total. The summed E-state index contributed by atoms with van der Waals surface area (Å²) in [4.78, 5) is 14.5. The number of furan rings is 1. The van der Waals surface area contributed by atoms with Crippen LogP contribution in [0.3, 0.4) is 0 Å². The van der Waals surface area contributed by atoms with Crippen LogP contribution in [0.4, 0.5) is 0 Å². The van der Waals surface area contributed by atoms with Crippen LogP contribution in [0.25, 0.3) is 0 Å². The van der Waals surface area contributed by atoms with Gasteiger partial charge >= 0.3 is 0 Å². The Hall–Kier alpha value is -1.25. The quantitative estimate of drug-likeness (QED) is 0.802. The van der Waals surface area contributed by atoms with Gasteiger partial charge in [0.15, 0.2) is 0 Å². The van der Waals surface area contributed by atoms with Crippen LogP contribution < -0.4 is 0 Å². The topological polar surface area (TPSA) is 33.5 Å². The van der Waals surface area contributed by atoms with Gasteiger partial charge in [0, 0.05) is 24.4 Å². The fourth-order valence-corrected chi connectivity index (χ4v) is 2.50. The minimum Gasteiger partial charge on any atom is -0.469 e. The number of rotatable bonds is 5. The Balaban J connectivity index is 2.00. The molecule has 1 aromatic heterocycles. The zero-order valence-electron chi connectivity index (χ0n) is 11.7. The fraction of sp³-hybridized carbons (Fsp3) is 0.667. The van der Waals surface area contributed by atoms with Gasteiger partial charge in [0.2, 0.25) is 5.91 Å². The second-order valence-corrected chi connectivity index (χ2v) is 5.57. The molecule has 2 rings (SSSR count). The lowest BCUT2D eigenvalue weighted by Gasteiger charge is -2.31. The molecule has 3 unspecified atom stereocenters. The second-order valence-electron chi connectivity index (χ2n) is 5.57. The van der Waals surface area contributed by atoms with Gasteiger partial charge in [-0.3, -0.25) is 4.79 Å². The molecule has 3 atom stereocenters. The minimum absolute atomic E-state index is 0.136. The summed E-state index contributed by atoms with van der Waals surface area (Å²) in [6, 6.07) is 4.17. The van der Waals surface area contributed by atoms with Crippen LogP contribution >= 0.6 is 0 Å². The maximum Gasteiger partial charge on any atom is 0.226 e. The summed E-state index contributed by atoms with van der Waals surface area (Å²) >= 11 is 0. The third-order valence-electron chi connectivity index (χ3n) is 4.10. The Bertz CT molecular complexity index is 397. The van der Waals surface area contributed by atoms with Crippen LogP contribution in [0.2, 0.25) is 0 Å². The summed E-state index contributed by atoms with van der Waals surface area (Å²) in [6.07, 6.45) is 2.62. The molecule has 1 amide bonds. The maximum absolute atomic E-state index is 12.5. The molecule has 3 heteroatoms. The number of carbonyl (C=O) groups is 1. The summed E-state index contributed by atoms with van der Waals surface area (Å²) < 4.78 is 5.39. The molecule has 1 fully saturated rings. The number of carbonyl (C=O) groups excluding carboxylic acids is 1. The van der Waals surface area contributed by atoms with E-state index in [0.29, 0.717) is 23.8 Å². The molecule has 1 aliphatic carbocycles. The van der Waals surface area contributed by atoms with Gasteiger partial charge in [0.25, 0.3) is 0 Å². The first-order valence-electron chi connectivity index (χ1n) is 6.90. The van der Waals surface area contributed by atoms with E-state index >= 15 is 0 Å². The number of hydrogen-bond acceptors (Lipinski definition) is 2. The highest BCUT2D eigenvalue weighted by atomic mass is 16.3. The van der Waals surface area contributed by atoms with E-state index in [0.717, 1.165) is 18.7 Å². The first-order valence-corrected chi connectivity index (χ1v) is 6.90. The van der Waals surface area contributed by atoms with Gasteiger partial charge in [-0.15, -0.1) is 0 Å². The van der Waals surface area contributed by atoms with Crippen molar-refractivity contribution in [2.24, 2.45) is 11.8 Å². The van der Waals surface area contributed by atoms with Crippen molar-refractivity contribution in [2.75, 3.05) is 6.54 Å². The van der Waals surface area contributed by atoms with Crippen molar-refractivity contribution in [3.63, 3.8) is 0 Å². The molecule has 0 aromatic carbocycles. The van der Waals surface area contributed by atoms with Crippen LogP contribution in [0.15, 0.2) is 22.8 Å². The average molecular weight is 249 g/mol. The van der Waals surface area contributed by atoms with Crippen molar-refractivity contribution >= 4 is 5.91 Å². The van der Waals surface area contributed by atoms with Crippen molar-refractivity contribution in [2.45, 2.75) is 46.1 Å². The summed E-state index contributed by atoms with van der Waals surface area (Å²) in [5.74, 6) is 2.19. The van der Waals surface area contributed by atoms with E-state index in [1.54, 1.807) is 6.26 Å². The van der Waals surface area contributed by atoms with Crippen molar-refractivity contribution in [3.05, 3.63) is 24.2 Å². The zero-order valence-corrected chi connectivity index (χ0v) is 11.7. The molecular formula is C15H23NO2. The van der Waals surface area contributed by atoms with Gasteiger partial charge in [0.1, 0.15) is 5.76 Å². The highest BCUT2D eigenvalue weighted by Gasteiger charge is 2.47. The van der Waals surface area contributed by atoms with E-state index < -0.39 is 0 Å². The highest BCUT2D eigenvalue weighted by molar-refractivity contribution is 5.83. The summed E-state index contributed by atoms with van der Waals surface area (Å²) in [5.41, 5.74) is 0. The molecule has 0 spiro atoms. The van der Waals surface area contributed by atoms with Gasteiger partial charge in [0.05, 0.1) is 6.26 Å². The normalized spacial score (nSPS) is 24.1. The molecule has 1 saturated carbocycles. The Morgan fingerprint density at radius 3 is 2.72 bits per heavy atom. The van der Waals surface area contributed by atoms with Crippen LogP contribution in [-0.4, -0.2) is 23.4 Å².